The Balaban J connectivity index is 2.09. The van der Waals surface area contributed by atoms with E-state index in [2.05, 4.69) is 10.2 Å². The molecule has 0 atom stereocenters. The Labute approximate surface area is 119 Å². The number of hydrogen-bond donors (Lipinski definition) is 0. The van der Waals surface area contributed by atoms with Crippen molar-refractivity contribution in [3.8, 4) is 5.75 Å². The maximum Gasteiger partial charge on any atom is 0.369 e. The van der Waals surface area contributed by atoms with Crippen molar-refractivity contribution in [3.05, 3.63) is 29.3 Å². The van der Waals surface area contributed by atoms with E-state index in [4.69, 9.17) is 9.47 Å². The summed E-state index contributed by atoms with van der Waals surface area (Å²) in [5.41, 5.74) is 0. The van der Waals surface area contributed by atoms with Crippen LogP contribution >= 0.6 is 23.1 Å². The SMILES string of the molecule is CCOC(=O)c1nnc(Sc2cccc(OC)c2)s1. The molecular formula is C12H12N2O3S2. The van der Waals surface area contributed by atoms with Crippen LogP contribution in [0, 0.1) is 0 Å². The first-order valence-electron chi connectivity index (χ1n) is 5.55. The van der Waals surface area contributed by atoms with Crippen molar-refractivity contribution in [1.82, 2.24) is 10.2 Å². The van der Waals surface area contributed by atoms with E-state index in [1.165, 1.54) is 23.1 Å². The summed E-state index contributed by atoms with van der Waals surface area (Å²) in [5.74, 6) is 0.345. The van der Waals surface area contributed by atoms with E-state index in [0.29, 0.717) is 10.9 Å². The van der Waals surface area contributed by atoms with Crippen LogP contribution in [0.25, 0.3) is 0 Å². The fourth-order valence-corrected chi connectivity index (χ4v) is 3.06. The van der Waals surface area contributed by atoms with Crippen molar-refractivity contribution in [2.45, 2.75) is 16.2 Å². The number of aromatic nitrogens is 2. The van der Waals surface area contributed by atoms with Crippen molar-refractivity contribution in [1.29, 1.82) is 0 Å². The average molecular weight is 296 g/mol. The summed E-state index contributed by atoms with van der Waals surface area (Å²) in [6, 6.07) is 7.61. The maximum atomic E-state index is 11.5. The lowest BCUT2D eigenvalue weighted by Crippen LogP contribution is -2.03. The normalized spacial score (nSPS) is 10.2. The first kappa shape index (κ1) is 13.8. The summed E-state index contributed by atoms with van der Waals surface area (Å²) >= 11 is 2.65. The lowest BCUT2D eigenvalue weighted by Gasteiger charge is -2.01. The highest BCUT2D eigenvalue weighted by atomic mass is 32.2. The van der Waals surface area contributed by atoms with Gasteiger partial charge in [0.05, 0.1) is 13.7 Å². The van der Waals surface area contributed by atoms with Crippen LogP contribution in [0.1, 0.15) is 16.7 Å². The van der Waals surface area contributed by atoms with E-state index in [9.17, 15) is 4.79 Å². The first-order chi connectivity index (χ1) is 9.22. The molecule has 0 radical (unpaired) electrons. The zero-order valence-electron chi connectivity index (χ0n) is 10.5. The number of esters is 1. The first-order valence-corrected chi connectivity index (χ1v) is 7.18. The second-order valence-corrected chi connectivity index (χ2v) is 5.67. The largest absolute Gasteiger partial charge is 0.497 e. The number of carbonyl (C=O) groups is 1. The molecule has 0 aliphatic heterocycles. The molecule has 5 nitrogen and oxygen atoms in total. The maximum absolute atomic E-state index is 11.5. The molecule has 0 fully saturated rings. The molecule has 7 heteroatoms. The van der Waals surface area contributed by atoms with E-state index < -0.39 is 5.97 Å². The Morgan fingerprint density at radius 1 is 1.42 bits per heavy atom. The van der Waals surface area contributed by atoms with Crippen LogP contribution in [0.5, 0.6) is 5.75 Å². The van der Waals surface area contributed by atoms with Gasteiger partial charge in [-0.05, 0) is 25.1 Å². The van der Waals surface area contributed by atoms with Gasteiger partial charge in [0.15, 0.2) is 4.34 Å². The number of ether oxygens (including phenoxy) is 2. The number of methoxy groups -OCH3 is 1. The second-order valence-electron chi connectivity index (χ2n) is 3.37. The van der Waals surface area contributed by atoms with Crippen LogP contribution in [-0.4, -0.2) is 29.9 Å². The van der Waals surface area contributed by atoms with Crippen molar-refractivity contribution in [2.75, 3.05) is 13.7 Å². The van der Waals surface area contributed by atoms with Crippen LogP contribution in [0.2, 0.25) is 0 Å². The summed E-state index contributed by atoms with van der Waals surface area (Å²) in [6.45, 7) is 2.08. The molecular weight excluding hydrogens is 284 g/mol. The molecule has 1 heterocycles. The quantitative estimate of drug-likeness (QED) is 0.791. The Morgan fingerprint density at radius 3 is 3.00 bits per heavy atom. The second kappa shape index (κ2) is 6.53. The van der Waals surface area contributed by atoms with Crippen LogP contribution in [-0.2, 0) is 4.74 Å². The average Bonchev–Trinajstić information content (AvgIpc) is 2.88. The molecule has 2 rings (SSSR count). The zero-order valence-corrected chi connectivity index (χ0v) is 12.1. The van der Waals surface area contributed by atoms with E-state index >= 15 is 0 Å². The topological polar surface area (TPSA) is 61.3 Å². The molecule has 0 aliphatic rings. The third-order valence-corrected chi connectivity index (χ3v) is 4.05. The Kier molecular flexibility index (Phi) is 4.75. The van der Waals surface area contributed by atoms with Gasteiger partial charge in [0.25, 0.3) is 0 Å². The lowest BCUT2D eigenvalue weighted by molar-refractivity contribution is 0.0525. The molecule has 0 unspecified atom stereocenters. The van der Waals surface area contributed by atoms with Crippen LogP contribution in [0.15, 0.2) is 33.5 Å². The van der Waals surface area contributed by atoms with Crippen molar-refractivity contribution < 1.29 is 14.3 Å². The number of carbonyl (C=O) groups excluding carboxylic acids is 1. The fourth-order valence-electron chi connectivity index (χ4n) is 1.29. The predicted molar refractivity (Wildman–Crippen MR) is 73.0 cm³/mol. The van der Waals surface area contributed by atoms with Crippen molar-refractivity contribution in [2.24, 2.45) is 0 Å². The zero-order chi connectivity index (χ0) is 13.7. The van der Waals surface area contributed by atoms with Gasteiger partial charge < -0.3 is 9.47 Å². The standard InChI is InChI=1S/C12H12N2O3S2/c1-3-17-11(15)10-13-14-12(19-10)18-9-6-4-5-8(7-9)16-2/h4-7H,3H2,1-2H3. The molecule has 0 bridgehead atoms. The Hall–Kier alpha value is -1.60. The van der Waals surface area contributed by atoms with E-state index in [1.54, 1.807) is 14.0 Å². The molecule has 2 aromatic rings. The van der Waals surface area contributed by atoms with Crippen LogP contribution in [0.4, 0.5) is 0 Å². The molecule has 1 aromatic heterocycles. The van der Waals surface area contributed by atoms with Gasteiger partial charge in [-0.3, -0.25) is 0 Å². The Morgan fingerprint density at radius 2 is 2.26 bits per heavy atom. The van der Waals surface area contributed by atoms with Gasteiger partial charge in [0, 0.05) is 4.90 Å². The van der Waals surface area contributed by atoms with Crippen molar-refractivity contribution >= 4 is 29.1 Å². The number of nitrogens with zero attached hydrogens (tertiary/aromatic N) is 2. The molecule has 1 aromatic carbocycles. The van der Waals surface area contributed by atoms with Gasteiger partial charge in [-0.15, -0.1) is 10.2 Å². The van der Waals surface area contributed by atoms with Crippen molar-refractivity contribution in [3.63, 3.8) is 0 Å². The monoisotopic (exact) mass is 296 g/mol. The number of hydrogen-bond acceptors (Lipinski definition) is 7. The minimum atomic E-state index is -0.433. The minimum absolute atomic E-state index is 0.271. The molecule has 0 spiro atoms. The number of rotatable bonds is 5. The van der Waals surface area contributed by atoms with E-state index in [-0.39, 0.29) is 5.01 Å². The minimum Gasteiger partial charge on any atom is -0.497 e. The highest BCUT2D eigenvalue weighted by molar-refractivity contribution is 8.01. The van der Waals surface area contributed by atoms with Gasteiger partial charge in [0.2, 0.25) is 5.01 Å². The van der Waals surface area contributed by atoms with Gasteiger partial charge in [0.1, 0.15) is 5.75 Å². The number of benzene rings is 1. The summed E-state index contributed by atoms with van der Waals surface area (Å²) in [7, 11) is 1.62. The summed E-state index contributed by atoms with van der Waals surface area (Å²) in [6.07, 6.45) is 0. The summed E-state index contributed by atoms with van der Waals surface area (Å²) in [5, 5.41) is 8.05. The lowest BCUT2D eigenvalue weighted by atomic mass is 10.3. The van der Waals surface area contributed by atoms with E-state index in [1.807, 2.05) is 24.3 Å². The van der Waals surface area contributed by atoms with Crippen LogP contribution < -0.4 is 4.74 Å². The van der Waals surface area contributed by atoms with Gasteiger partial charge >= 0.3 is 5.97 Å². The summed E-state index contributed by atoms with van der Waals surface area (Å²) in [4.78, 5) is 12.4. The molecule has 0 saturated carbocycles. The smallest absolute Gasteiger partial charge is 0.369 e. The van der Waals surface area contributed by atoms with Crippen LogP contribution in [0.3, 0.4) is 0 Å². The predicted octanol–water partition coefficient (Wildman–Crippen LogP) is 2.87. The highest BCUT2D eigenvalue weighted by Crippen LogP contribution is 2.32. The summed E-state index contributed by atoms with van der Waals surface area (Å²) < 4.78 is 10.7. The molecule has 0 saturated heterocycles. The van der Waals surface area contributed by atoms with Gasteiger partial charge in [-0.2, -0.15) is 0 Å². The van der Waals surface area contributed by atoms with Gasteiger partial charge in [-0.1, -0.05) is 29.2 Å². The highest BCUT2D eigenvalue weighted by Gasteiger charge is 2.14. The molecule has 0 aliphatic carbocycles. The third-order valence-electron chi connectivity index (χ3n) is 2.10. The molecule has 100 valence electrons. The third kappa shape index (κ3) is 3.68. The van der Waals surface area contributed by atoms with E-state index in [0.717, 1.165) is 10.6 Å². The molecule has 0 N–H and O–H groups in total. The molecule has 19 heavy (non-hydrogen) atoms. The molecule has 0 amide bonds. The Bertz CT molecular complexity index is 572. The fraction of sp³-hybridized carbons (Fsp3) is 0.250. The van der Waals surface area contributed by atoms with Gasteiger partial charge in [-0.25, -0.2) is 4.79 Å².